The summed E-state index contributed by atoms with van der Waals surface area (Å²) >= 11 is 1.47. The number of anilines is 1. The smallest absolute Gasteiger partial charge is 0.338 e. The molecular formula is C17H19ClN2O3S. The molecule has 1 aliphatic rings. The average molecular weight is 367 g/mol. The van der Waals surface area contributed by atoms with Crippen molar-refractivity contribution < 1.29 is 14.3 Å². The first-order valence-corrected chi connectivity index (χ1v) is 8.52. The molecule has 1 aromatic carbocycles. The number of rotatable bonds is 4. The zero-order valence-corrected chi connectivity index (χ0v) is 14.6. The second-order valence-corrected chi connectivity index (χ2v) is 6.18. The minimum absolute atomic E-state index is 0. The molecular weight excluding hydrogens is 348 g/mol. The highest BCUT2D eigenvalue weighted by molar-refractivity contribution is 7.08. The molecule has 0 atom stereocenters. The number of ether oxygens (including phenoxy) is 1. The van der Waals surface area contributed by atoms with Crippen molar-refractivity contribution in [2.75, 3.05) is 18.4 Å². The van der Waals surface area contributed by atoms with Crippen molar-refractivity contribution in [1.82, 2.24) is 5.32 Å². The summed E-state index contributed by atoms with van der Waals surface area (Å²) in [6.45, 7) is 1.74. The van der Waals surface area contributed by atoms with E-state index in [0.717, 1.165) is 25.9 Å². The highest BCUT2D eigenvalue weighted by atomic mass is 35.5. The van der Waals surface area contributed by atoms with Gasteiger partial charge in [-0.1, -0.05) is 6.07 Å². The van der Waals surface area contributed by atoms with Gasteiger partial charge in [0, 0.05) is 11.1 Å². The molecule has 1 fully saturated rings. The molecule has 2 heterocycles. The fourth-order valence-corrected chi connectivity index (χ4v) is 3.09. The minimum atomic E-state index is -0.344. The Morgan fingerprint density at radius 3 is 2.67 bits per heavy atom. The van der Waals surface area contributed by atoms with Crippen LogP contribution in [-0.2, 0) is 4.74 Å². The Bertz CT molecular complexity index is 685. The number of amides is 1. The number of benzene rings is 1. The molecule has 3 rings (SSSR count). The molecule has 0 bridgehead atoms. The lowest BCUT2D eigenvalue weighted by atomic mass is 10.1. The topological polar surface area (TPSA) is 67.4 Å². The maximum atomic E-state index is 12.2. The van der Waals surface area contributed by atoms with Crippen LogP contribution in [0.5, 0.6) is 0 Å². The number of halogens is 1. The summed E-state index contributed by atoms with van der Waals surface area (Å²) in [5, 5.41) is 9.66. The number of nitrogens with one attached hydrogen (secondary N) is 2. The van der Waals surface area contributed by atoms with Crippen molar-refractivity contribution in [3.63, 3.8) is 0 Å². The lowest BCUT2D eigenvalue weighted by Gasteiger charge is -2.22. The van der Waals surface area contributed by atoms with E-state index in [1.165, 1.54) is 11.3 Å². The monoisotopic (exact) mass is 366 g/mol. The molecule has 0 radical (unpaired) electrons. The van der Waals surface area contributed by atoms with Crippen molar-refractivity contribution in [1.29, 1.82) is 0 Å². The highest BCUT2D eigenvalue weighted by Crippen LogP contribution is 2.16. The van der Waals surface area contributed by atoms with Crippen LogP contribution in [0.15, 0.2) is 41.1 Å². The molecule has 7 heteroatoms. The third kappa shape index (κ3) is 4.80. The van der Waals surface area contributed by atoms with Gasteiger partial charge >= 0.3 is 5.97 Å². The van der Waals surface area contributed by atoms with Gasteiger partial charge in [0.1, 0.15) is 6.10 Å². The van der Waals surface area contributed by atoms with Gasteiger partial charge in [-0.2, -0.15) is 11.3 Å². The van der Waals surface area contributed by atoms with Crippen LogP contribution in [0.25, 0.3) is 0 Å². The zero-order chi connectivity index (χ0) is 16.1. The number of piperidine rings is 1. The molecule has 0 aliphatic carbocycles. The zero-order valence-electron chi connectivity index (χ0n) is 13.0. The van der Waals surface area contributed by atoms with Crippen LogP contribution in [0.4, 0.5) is 5.69 Å². The van der Waals surface area contributed by atoms with Crippen LogP contribution in [0, 0.1) is 0 Å². The first-order valence-electron chi connectivity index (χ1n) is 7.58. The van der Waals surface area contributed by atoms with E-state index >= 15 is 0 Å². The molecule has 1 saturated heterocycles. The van der Waals surface area contributed by atoms with Crippen molar-refractivity contribution in [3.05, 3.63) is 52.2 Å². The molecule has 0 spiro atoms. The van der Waals surface area contributed by atoms with Gasteiger partial charge in [-0.25, -0.2) is 4.79 Å². The number of carbonyl (C=O) groups excluding carboxylic acids is 2. The molecule has 0 unspecified atom stereocenters. The van der Waals surface area contributed by atoms with Gasteiger partial charge in [0.05, 0.1) is 11.1 Å². The molecule has 2 aromatic rings. The van der Waals surface area contributed by atoms with Crippen LogP contribution >= 0.6 is 23.7 Å². The number of hydrogen-bond donors (Lipinski definition) is 2. The lowest BCUT2D eigenvalue weighted by Crippen LogP contribution is -2.33. The third-order valence-corrected chi connectivity index (χ3v) is 4.38. The fraction of sp³-hybridized carbons (Fsp3) is 0.294. The highest BCUT2D eigenvalue weighted by Gasteiger charge is 2.18. The lowest BCUT2D eigenvalue weighted by molar-refractivity contribution is 0.0229. The number of thiophene rings is 1. The first kappa shape index (κ1) is 18.4. The van der Waals surface area contributed by atoms with Crippen molar-refractivity contribution in [3.8, 4) is 0 Å². The van der Waals surface area contributed by atoms with Crippen molar-refractivity contribution in [2.45, 2.75) is 18.9 Å². The minimum Gasteiger partial charge on any atom is -0.459 e. The molecule has 5 nitrogen and oxygen atoms in total. The van der Waals surface area contributed by atoms with E-state index in [9.17, 15) is 9.59 Å². The number of hydrogen-bond acceptors (Lipinski definition) is 5. The SMILES string of the molecule is Cl.O=C(Nc1cccc(C(=O)OC2CCNCC2)c1)c1ccsc1. The van der Waals surface area contributed by atoms with Crippen molar-refractivity contribution >= 4 is 41.3 Å². The quantitative estimate of drug-likeness (QED) is 0.814. The second-order valence-electron chi connectivity index (χ2n) is 5.40. The summed E-state index contributed by atoms with van der Waals surface area (Å²) in [7, 11) is 0. The summed E-state index contributed by atoms with van der Waals surface area (Å²) < 4.78 is 5.52. The van der Waals surface area contributed by atoms with E-state index in [0.29, 0.717) is 16.8 Å². The van der Waals surface area contributed by atoms with Gasteiger partial charge in [-0.05, 0) is 55.6 Å². The Morgan fingerprint density at radius 2 is 1.96 bits per heavy atom. The summed E-state index contributed by atoms with van der Waals surface area (Å²) in [5.41, 5.74) is 1.64. The summed E-state index contributed by atoms with van der Waals surface area (Å²) in [4.78, 5) is 24.3. The van der Waals surface area contributed by atoms with E-state index < -0.39 is 0 Å². The van der Waals surface area contributed by atoms with Gasteiger partial charge in [-0.3, -0.25) is 4.79 Å². The molecule has 2 N–H and O–H groups in total. The van der Waals surface area contributed by atoms with Crippen LogP contribution in [0.1, 0.15) is 33.6 Å². The van der Waals surface area contributed by atoms with Crippen LogP contribution < -0.4 is 10.6 Å². The van der Waals surface area contributed by atoms with Gasteiger partial charge in [-0.15, -0.1) is 12.4 Å². The van der Waals surface area contributed by atoms with Gasteiger partial charge in [0.15, 0.2) is 0 Å². The Morgan fingerprint density at radius 1 is 1.17 bits per heavy atom. The molecule has 128 valence electrons. The second kappa shape index (κ2) is 8.82. The molecule has 1 aromatic heterocycles. The predicted molar refractivity (Wildman–Crippen MR) is 97.3 cm³/mol. The van der Waals surface area contributed by atoms with Crippen LogP contribution in [0.3, 0.4) is 0 Å². The Labute approximate surface area is 150 Å². The Balaban J connectivity index is 0.00000208. The first-order chi connectivity index (χ1) is 11.2. The van der Waals surface area contributed by atoms with E-state index in [1.807, 2.05) is 5.38 Å². The average Bonchev–Trinajstić information content (AvgIpc) is 3.11. The van der Waals surface area contributed by atoms with Crippen molar-refractivity contribution in [2.24, 2.45) is 0 Å². The third-order valence-electron chi connectivity index (χ3n) is 3.70. The predicted octanol–water partition coefficient (Wildman–Crippen LogP) is 3.33. The van der Waals surface area contributed by atoms with Crippen LogP contribution in [0.2, 0.25) is 0 Å². The largest absolute Gasteiger partial charge is 0.459 e. The molecule has 1 amide bonds. The van der Waals surface area contributed by atoms with Gasteiger partial charge < -0.3 is 15.4 Å². The molecule has 24 heavy (non-hydrogen) atoms. The summed E-state index contributed by atoms with van der Waals surface area (Å²) in [6, 6.07) is 8.60. The maximum Gasteiger partial charge on any atom is 0.338 e. The van der Waals surface area contributed by atoms with E-state index in [1.54, 1.807) is 35.7 Å². The van der Waals surface area contributed by atoms with E-state index in [-0.39, 0.29) is 30.4 Å². The van der Waals surface area contributed by atoms with E-state index in [2.05, 4.69) is 10.6 Å². The Kier molecular flexibility index (Phi) is 6.78. The van der Waals surface area contributed by atoms with E-state index in [4.69, 9.17) is 4.74 Å². The van der Waals surface area contributed by atoms with Gasteiger partial charge in [0.25, 0.3) is 5.91 Å². The summed E-state index contributed by atoms with van der Waals surface area (Å²) in [6.07, 6.45) is 1.63. The normalized spacial score (nSPS) is 14.5. The Hall–Kier alpha value is -1.89. The number of carbonyl (C=O) groups is 2. The van der Waals surface area contributed by atoms with Gasteiger partial charge in [0.2, 0.25) is 0 Å². The standard InChI is InChI=1S/C17H18N2O3S.ClH/c20-16(13-6-9-23-11-13)19-14-3-1-2-12(10-14)17(21)22-15-4-7-18-8-5-15;/h1-3,6,9-11,15,18H,4-5,7-8H2,(H,19,20);1H. The fourth-order valence-electron chi connectivity index (χ4n) is 2.45. The maximum absolute atomic E-state index is 12.2. The van der Waals surface area contributed by atoms with Crippen LogP contribution in [-0.4, -0.2) is 31.1 Å². The summed E-state index contributed by atoms with van der Waals surface area (Å²) in [5.74, 6) is -0.529. The molecule has 0 saturated carbocycles. The number of esters is 1. The molecule has 1 aliphatic heterocycles.